The van der Waals surface area contributed by atoms with Gasteiger partial charge in [-0.25, -0.2) is 4.98 Å². The Hall–Kier alpha value is -1.56. The van der Waals surface area contributed by atoms with Gasteiger partial charge in [0.2, 0.25) is 5.91 Å². The number of aromatic nitrogens is 1. The largest absolute Gasteiger partial charge is 0.343 e. The molecule has 1 aliphatic rings. The first-order valence-electron chi connectivity index (χ1n) is 6.27. The third kappa shape index (κ3) is 3.47. The van der Waals surface area contributed by atoms with Gasteiger partial charge in [-0.05, 0) is 31.2 Å². The quantitative estimate of drug-likeness (QED) is 0.840. The molecule has 1 saturated heterocycles. The first-order valence-corrected chi connectivity index (χ1v) is 7.50. The second-order valence-electron chi connectivity index (χ2n) is 4.33. The molecule has 0 aliphatic carbocycles. The second kappa shape index (κ2) is 6.56. The predicted octanol–water partition coefficient (Wildman–Crippen LogP) is 1.16. The maximum atomic E-state index is 12.0. The zero-order valence-corrected chi connectivity index (χ0v) is 11.7. The Morgan fingerprint density at radius 2 is 2.16 bits per heavy atom. The van der Waals surface area contributed by atoms with Crippen molar-refractivity contribution in [2.24, 2.45) is 0 Å². The van der Waals surface area contributed by atoms with Crippen molar-refractivity contribution in [1.82, 2.24) is 15.2 Å². The number of carbonyl (C=O) groups is 2. The van der Waals surface area contributed by atoms with E-state index in [4.69, 9.17) is 0 Å². The highest BCUT2D eigenvalue weighted by molar-refractivity contribution is 7.98. The van der Waals surface area contributed by atoms with Gasteiger partial charge < -0.3 is 10.2 Å². The maximum absolute atomic E-state index is 12.0. The first kappa shape index (κ1) is 13.9. The molecule has 0 spiro atoms. The molecule has 1 aromatic rings. The summed E-state index contributed by atoms with van der Waals surface area (Å²) >= 11 is 1.42. The van der Waals surface area contributed by atoms with Gasteiger partial charge in [-0.3, -0.25) is 9.59 Å². The van der Waals surface area contributed by atoms with Crippen molar-refractivity contribution in [2.75, 3.05) is 25.9 Å². The van der Waals surface area contributed by atoms with Crippen LogP contribution >= 0.6 is 11.8 Å². The van der Waals surface area contributed by atoms with Crippen LogP contribution in [0.1, 0.15) is 23.2 Å². The summed E-state index contributed by atoms with van der Waals surface area (Å²) in [7, 11) is 0. The fourth-order valence-corrected chi connectivity index (χ4v) is 2.60. The molecule has 102 valence electrons. The Morgan fingerprint density at radius 3 is 2.84 bits per heavy atom. The van der Waals surface area contributed by atoms with Crippen LogP contribution in [0, 0.1) is 0 Å². The molecule has 5 nitrogen and oxygen atoms in total. The highest BCUT2D eigenvalue weighted by atomic mass is 32.2. The van der Waals surface area contributed by atoms with E-state index in [9.17, 15) is 9.59 Å². The van der Waals surface area contributed by atoms with Crippen LogP contribution in [0.25, 0.3) is 0 Å². The molecule has 6 heteroatoms. The van der Waals surface area contributed by atoms with Crippen LogP contribution in [0.5, 0.6) is 0 Å². The monoisotopic (exact) mass is 279 g/mol. The standard InChI is InChI=1S/C13H17N3O2S/c1-19-13-10(5-4-6-14-13)12(18)15-9-11(17)16-7-2-3-8-16/h4-6H,2-3,7-9H2,1H3,(H,15,18). The third-order valence-electron chi connectivity index (χ3n) is 3.07. The van der Waals surface area contributed by atoms with E-state index in [0.717, 1.165) is 25.9 Å². The van der Waals surface area contributed by atoms with Gasteiger partial charge in [0.15, 0.2) is 0 Å². The summed E-state index contributed by atoms with van der Waals surface area (Å²) < 4.78 is 0. The number of likely N-dealkylation sites (tertiary alicyclic amines) is 1. The van der Waals surface area contributed by atoms with Crippen LogP contribution in [0.15, 0.2) is 23.4 Å². The summed E-state index contributed by atoms with van der Waals surface area (Å²) in [5, 5.41) is 3.34. The second-order valence-corrected chi connectivity index (χ2v) is 5.13. The number of nitrogens with zero attached hydrogens (tertiary/aromatic N) is 2. The molecular formula is C13H17N3O2S. The average Bonchev–Trinajstić information content (AvgIpc) is 2.98. The van der Waals surface area contributed by atoms with E-state index in [1.807, 2.05) is 6.26 Å². The molecular weight excluding hydrogens is 262 g/mol. The molecule has 1 N–H and O–H groups in total. The molecule has 2 amide bonds. The van der Waals surface area contributed by atoms with Gasteiger partial charge in [0.1, 0.15) is 5.03 Å². The number of rotatable bonds is 4. The number of amides is 2. The summed E-state index contributed by atoms with van der Waals surface area (Å²) in [5.41, 5.74) is 0.518. The summed E-state index contributed by atoms with van der Waals surface area (Å²) in [6, 6.07) is 3.44. The highest BCUT2D eigenvalue weighted by Crippen LogP contribution is 2.16. The fraction of sp³-hybridized carbons (Fsp3) is 0.462. The van der Waals surface area contributed by atoms with E-state index in [1.54, 1.807) is 23.2 Å². The molecule has 0 bridgehead atoms. The van der Waals surface area contributed by atoms with Gasteiger partial charge in [-0.15, -0.1) is 11.8 Å². The number of hydrogen-bond acceptors (Lipinski definition) is 4. The minimum Gasteiger partial charge on any atom is -0.343 e. The number of pyridine rings is 1. The van der Waals surface area contributed by atoms with E-state index in [1.165, 1.54) is 11.8 Å². The molecule has 2 rings (SSSR count). The molecule has 0 atom stereocenters. The Balaban J connectivity index is 1.92. The summed E-state index contributed by atoms with van der Waals surface area (Å²) in [4.78, 5) is 29.8. The predicted molar refractivity (Wildman–Crippen MR) is 74.2 cm³/mol. The molecule has 1 fully saturated rings. The van der Waals surface area contributed by atoms with Crippen molar-refractivity contribution < 1.29 is 9.59 Å². The van der Waals surface area contributed by atoms with E-state index in [-0.39, 0.29) is 18.4 Å². The molecule has 0 unspecified atom stereocenters. The molecule has 0 saturated carbocycles. The molecule has 0 aromatic carbocycles. The zero-order valence-electron chi connectivity index (χ0n) is 10.9. The average molecular weight is 279 g/mol. The summed E-state index contributed by atoms with van der Waals surface area (Å²) in [5.74, 6) is -0.259. The Labute approximate surface area is 116 Å². The van der Waals surface area contributed by atoms with Crippen LogP contribution in [-0.4, -0.2) is 47.6 Å². The number of carbonyl (C=O) groups excluding carboxylic acids is 2. The van der Waals surface area contributed by atoms with Crippen LogP contribution in [-0.2, 0) is 4.79 Å². The van der Waals surface area contributed by atoms with Crippen molar-refractivity contribution in [2.45, 2.75) is 17.9 Å². The lowest BCUT2D eigenvalue weighted by Gasteiger charge is -2.15. The highest BCUT2D eigenvalue weighted by Gasteiger charge is 2.19. The summed E-state index contributed by atoms with van der Waals surface area (Å²) in [6.45, 7) is 1.66. The van der Waals surface area contributed by atoms with Gasteiger partial charge >= 0.3 is 0 Å². The van der Waals surface area contributed by atoms with Crippen molar-refractivity contribution >= 4 is 23.6 Å². The van der Waals surface area contributed by atoms with Crippen molar-refractivity contribution in [3.05, 3.63) is 23.9 Å². The van der Waals surface area contributed by atoms with Crippen LogP contribution in [0.3, 0.4) is 0 Å². The smallest absolute Gasteiger partial charge is 0.254 e. The molecule has 0 radical (unpaired) electrons. The number of hydrogen-bond donors (Lipinski definition) is 1. The van der Waals surface area contributed by atoms with Gasteiger partial charge in [-0.1, -0.05) is 0 Å². The lowest BCUT2D eigenvalue weighted by molar-refractivity contribution is -0.129. The number of nitrogens with one attached hydrogen (secondary N) is 1. The molecule has 19 heavy (non-hydrogen) atoms. The number of thioether (sulfide) groups is 1. The third-order valence-corrected chi connectivity index (χ3v) is 3.78. The maximum Gasteiger partial charge on any atom is 0.254 e. The van der Waals surface area contributed by atoms with Gasteiger partial charge in [0, 0.05) is 19.3 Å². The SMILES string of the molecule is CSc1ncccc1C(=O)NCC(=O)N1CCCC1. The van der Waals surface area contributed by atoms with Crippen LogP contribution < -0.4 is 5.32 Å². The zero-order chi connectivity index (χ0) is 13.7. The minimum atomic E-state index is -0.245. The van der Waals surface area contributed by atoms with Crippen LogP contribution in [0.2, 0.25) is 0 Å². The lowest BCUT2D eigenvalue weighted by atomic mass is 10.2. The van der Waals surface area contributed by atoms with Crippen LogP contribution in [0.4, 0.5) is 0 Å². The Kier molecular flexibility index (Phi) is 4.79. The molecule has 1 aliphatic heterocycles. The van der Waals surface area contributed by atoms with Crippen molar-refractivity contribution in [1.29, 1.82) is 0 Å². The Morgan fingerprint density at radius 1 is 1.42 bits per heavy atom. The van der Waals surface area contributed by atoms with Gasteiger partial charge in [0.05, 0.1) is 12.1 Å². The summed E-state index contributed by atoms with van der Waals surface area (Å²) in [6.07, 6.45) is 5.63. The first-order chi connectivity index (χ1) is 9.22. The topological polar surface area (TPSA) is 62.3 Å². The lowest BCUT2D eigenvalue weighted by Crippen LogP contribution is -2.38. The molecule has 1 aromatic heterocycles. The molecule has 2 heterocycles. The van der Waals surface area contributed by atoms with E-state index >= 15 is 0 Å². The van der Waals surface area contributed by atoms with Crippen molar-refractivity contribution in [3.63, 3.8) is 0 Å². The van der Waals surface area contributed by atoms with E-state index in [2.05, 4.69) is 10.3 Å². The van der Waals surface area contributed by atoms with E-state index < -0.39 is 0 Å². The van der Waals surface area contributed by atoms with Gasteiger partial charge in [0.25, 0.3) is 5.91 Å². The van der Waals surface area contributed by atoms with E-state index in [0.29, 0.717) is 10.6 Å². The van der Waals surface area contributed by atoms with Crippen molar-refractivity contribution in [3.8, 4) is 0 Å². The Bertz CT molecular complexity index is 473. The minimum absolute atomic E-state index is 0.0135. The van der Waals surface area contributed by atoms with Gasteiger partial charge in [-0.2, -0.15) is 0 Å². The normalized spacial score (nSPS) is 14.5. The fourth-order valence-electron chi connectivity index (χ4n) is 2.06.